The third kappa shape index (κ3) is 6.21. The lowest BCUT2D eigenvalue weighted by Crippen LogP contribution is -1.92. The summed E-state index contributed by atoms with van der Waals surface area (Å²) in [5.74, 6) is 6.41. The Bertz CT molecular complexity index is 1210. The van der Waals surface area contributed by atoms with Crippen LogP contribution in [0.4, 0.5) is 8.78 Å². The highest BCUT2D eigenvalue weighted by Gasteiger charge is 2.08. The van der Waals surface area contributed by atoms with E-state index in [1.807, 2.05) is 29.4 Å². The Morgan fingerprint density at radius 2 is 1.39 bits per heavy atom. The van der Waals surface area contributed by atoms with E-state index < -0.39 is 11.6 Å². The molecule has 152 valence electrons. The average Bonchev–Trinajstić information content (AvgIpc) is 2.79. The number of unbranched alkanes of at least 4 members (excludes halogenated alkanes) is 1. The average molecular weight is 428 g/mol. The van der Waals surface area contributed by atoms with Crippen LogP contribution in [0.25, 0.3) is 11.1 Å². The van der Waals surface area contributed by atoms with E-state index in [0.29, 0.717) is 0 Å². The van der Waals surface area contributed by atoms with Crippen molar-refractivity contribution in [3.63, 3.8) is 0 Å². The molecule has 0 bridgehead atoms. The Labute approximate surface area is 186 Å². The van der Waals surface area contributed by atoms with Crippen LogP contribution in [0.5, 0.6) is 0 Å². The van der Waals surface area contributed by atoms with Crippen molar-refractivity contribution < 1.29 is 8.78 Å². The largest absolute Gasteiger partial charge is 0.205 e. The molecule has 0 aromatic heterocycles. The molecule has 3 rings (SSSR count). The predicted octanol–water partition coefficient (Wildman–Crippen LogP) is 6.79. The minimum Gasteiger partial charge on any atom is -0.205 e. The van der Waals surface area contributed by atoms with Crippen LogP contribution < -0.4 is 0 Å². The van der Waals surface area contributed by atoms with Crippen LogP contribution in [0.3, 0.4) is 0 Å². The number of halogens is 2. The van der Waals surface area contributed by atoms with Crippen molar-refractivity contribution in [2.75, 3.05) is 0 Å². The van der Waals surface area contributed by atoms with Crippen molar-refractivity contribution in [3.05, 3.63) is 94.6 Å². The van der Waals surface area contributed by atoms with E-state index in [1.54, 1.807) is 0 Å². The van der Waals surface area contributed by atoms with E-state index in [4.69, 9.17) is 0 Å². The van der Waals surface area contributed by atoms with Crippen LogP contribution in [0.15, 0.2) is 65.7 Å². The molecule has 0 aliphatic carbocycles. The highest BCUT2D eigenvalue weighted by atomic mass is 32.1. The molecule has 0 saturated heterocycles. The van der Waals surface area contributed by atoms with Gasteiger partial charge in [0.05, 0.1) is 16.8 Å². The molecule has 0 aliphatic heterocycles. The fourth-order valence-electron chi connectivity index (χ4n) is 3.01. The zero-order valence-electron chi connectivity index (χ0n) is 17.0. The van der Waals surface area contributed by atoms with E-state index in [-0.39, 0.29) is 11.1 Å². The van der Waals surface area contributed by atoms with Gasteiger partial charge in [0.2, 0.25) is 0 Å². The summed E-state index contributed by atoms with van der Waals surface area (Å²) in [6.07, 6.45) is 3.48. The monoisotopic (exact) mass is 427 g/mol. The topological polar surface area (TPSA) is 12.4 Å². The first kappa shape index (κ1) is 22.1. The minimum absolute atomic E-state index is 0.227. The third-order valence-corrected chi connectivity index (χ3v) is 4.76. The van der Waals surface area contributed by atoms with Crippen LogP contribution in [-0.4, -0.2) is 5.16 Å². The lowest BCUT2D eigenvalue weighted by atomic mass is 10.0. The molecule has 0 spiro atoms. The molecule has 0 amide bonds. The molecule has 0 radical (unpaired) electrons. The van der Waals surface area contributed by atoms with Crippen LogP contribution in [0.1, 0.15) is 42.0 Å². The lowest BCUT2D eigenvalue weighted by molar-refractivity contribution is 0.577. The highest BCUT2D eigenvalue weighted by molar-refractivity contribution is 7.78. The quantitative estimate of drug-likeness (QED) is 0.254. The van der Waals surface area contributed by atoms with Gasteiger partial charge in [-0.15, -0.1) is 4.99 Å². The third-order valence-electron chi connectivity index (χ3n) is 4.67. The van der Waals surface area contributed by atoms with Crippen molar-refractivity contribution in [1.82, 2.24) is 0 Å². The molecular formula is C27H19F2NS. The van der Waals surface area contributed by atoms with Gasteiger partial charge in [0.25, 0.3) is 0 Å². The van der Waals surface area contributed by atoms with Gasteiger partial charge in [0.15, 0.2) is 0 Å². The number of benzene rings is 3. The SMILES string of the molecule is CCCCc1ccc(-c2ccc(C#Cc3cc(F)c(C#CN=C=S)c(F)c3)cc2)cc1. The Morgan fingerprint density at radius 3 is 1.97 bits per heavy atom. The zero-order valence-corrected chi connectivity index (χ0v) is 17.8. The van der Waals surface area contributed by atoms with Gasteiger partial charge in [-0.1, -0.05) is 61.6 Å². The molecular weight excluding hydrogens is 408 g/mol. The number of isothiocyanates is 1. The maximum atomic E-state index is 14.1. The molecule has 3 aromatic rings. The molecule has 0 heterocycles. The summed E-state index contributed by atoms with van der Waals surface area (Å²) in [4.78, 5) is 3.34. The zero-order chi connectivity index (χ0) is 22.1. The van der Waals surface area contributed by atoms with E-state index in [2.05, 4.69) is 72.2 Å². The predicted molar refractivity (Wildman–Crippen MR) is 125 cm³/mol. The summed E-state index contributed by atoms with van der Waals surface area (Å²) >= 11 is 4.36. The summed E-state index contributed by atoms with van der Waals surface area (Å²) < 4.78 is 28.2. The molecule has 0 N–H and O–H groups in total. The molecule has 1 nitrogen and oxygen atoms in total. The first-order chi connectivity index (χ1) is 15.1. The van der Waals surface area contributed by atoms with Crippen molar-refractivity contribution >= 4 is 17.4 Å². The van der Waals surface area contributed by atoms with Gasteiger partial charge in [0.1, 0.15) is 11.6 Å². The maximum absolute atomic E-state index is 14.1. The summed E-state index contributed by atoms with van der Waals surface area (Å²) in [6.45, 7) is 2.19. The first-order valence-corrected chi connectivity index (χ1v) is 10.3. The number of hydrogen-bond acceptors (Lipinski definition) is 2. The number of aryl methyl sites for hydroxylation is 1. The standard InChI is InChI=1S/C27H19F2NS/c1-2-3-4-20-7-11-23(12-8-20)24-13-9-21(10-14-24)5-6-22-17-26(28)25(27(29)18-22)15-16-30-19-31/h7-14,17-18H,2-4H2,1H3. The first-order valence-electron chi connectivity index (χ1n) is 9.89. The van der Waals surface area contributed by atoms with Crippen molar-refractivity contribution in [2.45, 2.75) is 26.2 Å². The summed E-state index contributed by atoms with van der Waals surface area (Å²) in [5, 5.41) is 2.02. The van der Waals surface area contributed by atoms with Crippen LogP contribution in [0.2, 0.25) is 0 Å². The van der Waals surface area contributed by atoms with E-state index in [1.165, 1.54) is 18.4 Å². The molecule has 4 heteroatoms. The fourth-order valence-corrected chi connectivity index (χ4v) is 3.05. The maximum Gasteiger partial charge on any atom is 0.143 e. The van der Waals surface area contributed by atoms with Gasteiger partial charge in [-0.3, -0.25) is 0 Å². The van der Waals surface area contributed by atoms with Crippen molar-refractivity contribution in [1.29, 1.82) is 0 Å². The summed E-state index contributed by atoms with van der Waals surface area (Å²) in [6, 6.07) is 20.8. The van der Waals surface area contributed by atoms with E-state index in [0.717, 1.165) is 35.2 Å². The van der Waals surface area contributed by atoms with Gasteiger partial charge < -0.3 is 0 Å². The number of nitrogens with zero attached hydrogens (tertiary/aromatic N) is 1. The van der Waals surface area contributed by atoms with Crippen molar-refractivity contribution in [3.8, 4) is 34.9 Å². The molecule has 31 heavy (non-hydrogen) atoms. The van der Waals surface area contributed by atoms with Gasteiger partial charge in [-0.25, -0.2) is 8.78 Å². The molecule has 0 atom stereocenters. The highest BCUT2D eigenvalue weighted by Crippen LogP contribution is 2.21. The van der Waals surface area contributed by atoms with E-state index >= 15 is 0 Å². The Kier molecular flexibility index (Phi) is 7.85. The van der Waals surface area contributed by atoms with Crippen LogP contribution >= 0.6 is 12.2 Å². The second-order valence-electron chi connectivity index (χ2n) is 6.88. The van der Waals surface area contributed by atoms with Gasteiger partial charge >= 0.3 is 0 Å². The summed E-state index contributed by atoms with van der Waals surface area (Å²) in [5.41, 5.74) is 4.18. The second kappa shape index (κ2) is 11.0. The number of rotatable bonds is 4. The number of hydrogen-bond donors (Lipinski definition) is 0. The smallest absolute Gasteiger partial charge is 0.143 e. The number of thiocarbonyl (C=S) groups is 1. The van der Waals surface area contributed by atoms with Gasteiger partial charge in [0, 0.05) is 11.1 Å². The van der Waals surface area contributed by atoms with Gasteiger partial charge in [-0.2, -0.15) is 0 Å². The van der Waals surface area contributed by atoms with Crippen molar-refractivity contribution in [2.24, 2.45) is 4.99 Å². The second-order valence-corrected chi connectivity index (χ2v) is 7.07. The summed E-state index contributed by atoms with van der Waals surface area (Å²) in [7, 11) is 0. The minimum atomic E-state index is -0.797. The Morgan fingerprint density at radius 1 is 0.806 bits per heavy atom. The van der Waals surface area contributed by atoms with E-state index in [9.17, 15) is 8.78 Å². The number of aliphatic imine (C=N–C) groups is 1. The van der Waals surface area contributed by atoms with Crippen LogP contribution in [0, 0.1) is 35.4 Å². The molecule has 0 aliphatic rings. The molecule has 0 fully saturated rings. The lowest BCUT2D eigenvalue weighted by Gasteiger charge is -2.04. The Balaban J connectivity index is 1.75. The Hall–Kier alpha value is -3.56. The van der Waals surface area contributed by atoms with Crippen LogP contribution in [-0.2, 0) is 6.42 Å². The molecule has 0 unspecified atom stereocenters. The molecule has 0 saturated carbocycles. The fraction of sp³-hybridized carbons (Fsp3) is 0.148. The molecule has 3 aromatic carbocycles. The normalized spacial score (nSPS) is 9.65. The van der Waals surface area contributed by atoms with Gasteiger partial charge in [-0.05, 0) is 71.9 Å².